The fourth-order valence-electron chi connectivity index (χ4n) is 1.20. The molecule has 6 heteroatoms. The van der Waals surface area contributed by atoms with Gasteiger partial charge in [0.25, 0.3) is 0 Å². The maximum atomic E-state index is 12.2. The molecule has 0 heterocycles. The minimum atomic E-state index is -5.01. The van der Waals surface area contributed by atoms with E-state index in [1.54, 1.807) is 12.1 Å². The summed E-state index contributed by atoms with van der Waals surface area (Å²) in [5, 5.41) is 0. The first kappa shape index (κ1) is 17.3. The van der Waals surface area contributed by atoms with E-state index in [1.807, 2.05) is 19.1 Å². The number of ether oxygens (including phenoxy) is 1. The number of hydrogen-bond acceptors (Lipinski definition) is 1. The predicted octanol–water partition coefficient (Wildman–Crippen LogP) is 0.575. The van der Waals surface area contributed by atoms with Crippen LogP contribution in [0, 0.1) is 0 Å². The van der Waals surface area contributed by atoms with Crippen molar-refractivity contribution in [1.29, 1.82) is 0 Å². The summed E-state index contributed by atoms with van der Waals surface area (Å²) in [6.07, 6.45) is 0.722. The second-order valence-corrected chi connectivity index (χ2v) is 3.48. The van der Waals surface area contributed by atoms with Crippen molar-refractivity contribution in [3.8, 4) is 5.75 Å². The van der Waals surface area contributed by atoms with Crippen molar-refractivity contribution in [2.45, 2.75) is 13.3 Å². The zero-order valence-electron chi connectivity index (χ0n) is 10.1. The topological polar surface area (TPSA) is 9.23 Å². The van der Waals surface area contributed by atoms with Gasteiger partial charge in [-0.25, -0.2) is 0 Å². The Morgan fingerprint density at radius 1 is 1.29 bits per heavy atom. The second kappa shape index (κ2) is 7.63. The van der Waals surface area contributed by atoms with Gasteiger partial charge in [0.05, 0.1) is 6.61 Å². The minimum absolute atomic E-state index is 0. The van der Waals surface area contributed by atoms with Gasteiger partial charge in [-0.05, 0) is 18.1 Å². The summed E-state index contributed by atoms with van der Waals surface area (Å²) >= 11 is 0. The zero-order valence-corrected chi connectivity index (χ0v) is 13.2. The molecular formula is C11H13BF3KO. The van der Waals surface area contributed by atoms with Crippen molar-refractivity contribution in [2.75, 3.05) is 6.61 Å². The van der Waals surface area contributed by atoms with Gasteiger partial charge in [0.1, 0.15) is 5.75 Å². The van der Waals surface area contributed by atoms with Crippen LogP contribution in [0.1, 0.15) is 12.5 Å². The SMILES string of the molecule is C=C(COc1ccccc1CC)[B-](F)(F)F.[K+]. The van der Waals surface area contributed by atoms with Crippen molar-refractivity contribution >= 4 is 6.98 Å². The molecule has 0 radical (unpaired) electrons. The number of rotatable bonds is 5. The molecule has 0 saturated heterocycles. The van der Waals surface area contributed by atoms with Crippen LogP contribution in [0.15, 0.2) is 36.3 Å². The van der Waals surface area contributed by atoms with Gasteiger partial charge in [0.15, 0.2) is 0 Å². The molecule has 0 aliphatic heterocycles. The molecular weight excluding hydrogens is 255 g/mol. The average Bonchev–Trinajstić information content (AvgIpc) is 2.24. The van der Waals surface area contributed by atoms with Gasteiger partial charge < -0.3 is 17.7 Å². The molecule has 1 nitrogen and oxygen atoms in total. The Kier molecular flexibility index (Phi) is 7.75. The van der Waals surface area contributed by atoms with Crippen LogP contribution in [0.4, 0.5) is 12.9 Å². The van der Waals surface area contributed by atoms with Crippen molar-refractivity contribution in [3.63, 3.8) is 0 Å². The van der Waals surface area contributed by atoms with E-state index in [1.165, 1.54) is 0 Å². The van der Waals surface area contributed by atoms with Crippen LogP contribution >= 0.6 is 0 Å². The number of benzene rings is 1. The number of halogens is 3. The Hall–Kier alpha value is 0.251. The van der Waals surface area contributed by atoms with Gasteiger partial charge in [-0.2, -0.15) is 0 Å². The van der Waals surface area contributed by atoms with Gasteiger partial charge in [0, 0.05) is 0 Å². The maximum Gasteiger partial charge on any atom is 1.00 e. The quantitative estimate of drug-likeness (QED) is 0.710. The number of hydrogen-bond donors (Lipinski definition) is 0. The molecule has 0 bridgehead atoms. The molecule has 1 rings (SSSR count). The van der Waals surface area contributed by atoms with E-state index in [9.17, 15) is 12.9 Å². The van der Waals surface area contributed by atoms with E-state index in [2.05, 4.69) is 6.58 Å². The second-order valence-electron chi connectivity index (χ2n) is 3.48. The van der Waals surface area contributed by atoms with E-state index in [0.29, 0.717) is 5.75 Å². The Bertz CT molecular complexity index is 379. The summed E-state index contributed by atoms with van der Waals surface area (Å²) in [7, 11) is 0. The molecule has 0 aliphatic carbocycles. The molecule has 0 N–H and O–H groups in total. The van der Waals surface area contributed by atoms with E-state index >= 15 is 0 Å². The summed E-state index contributed by atoms with van der Waals surface area (Å²) < 4.78 is 41.8. The molecule has 0 aliphatic rings. The Labute approximate surface area is 142 Å². The molecule has 0 atom stereocenters. The molecule has 0 fully saturated rings. The third-order valence-electron chi connectivity index (χ3n) is 2.23. The summed E-state index contributed by atoms with van der Waals surface area (Å²) in [6, 6.07) is 7.05. The maximum absolute atomic E-state index is 12.2. The van der Waals surface area contributed by atoms with Crippen LogP contribution in [0.25, 0.3) is 0 Å². The monoisotopic (exact) mass is 268 g/mol. The van der Waals surface area contributed by atoms with E-state index in [4.69, 9.17) is 4.74 Å². The van der Waals surface area contributed by atoms with Crippen LogP contribution in [0.5, 0.6) is 5.75 Å². The van der Waals surface area contributed by atoms with Crippen LogP contribution < -0.4 is 56.1 Å². The Balaban J connectivity index is 0.00000256. The molecule has 0 amide bonds. The van der Waals surface area contributed by atoms with E-state index in [0.717, 1.165) is 12.0 Å². The van der Waals surface area contributed by atoms with Crippen LogP contribution in [-0.4, -0.2) is 13.6 Å². The van der Waals surface area contributed by atoms with Gasteiger partial charge >= 0.3 is 58.4 Å². The van der Waals surface area contributed by atoms with E-state index < -0.39 is 19.1 Å². The minimum Gasteiger partial charge on any atom is -0.492 e. The van der Waals surface area contributed by atoms with Crippen molar-refractivity contribution in [1.82, 2.24) is 0 Å². The largest absolute Gasteiger partial charge is 1.00 e. The Morgan fingerprint density at radius 2 is 1.88 bits per heavy atom. The fraction of sp³-hybridized carbons (Fsp3) is 0.273. The molecule has 1 aromatic carbocycles. The number of para-hydroxylation sites is 1. The standard InChI is InChI=1S/C11H13BF3O.K/c1-3-10-6-4-5-7-11(10)16-8-9(2)12(13,14)15;/h4-7H,2-3,8H2,1H3;/q-1;+1. The first-order valence-electron chi connectivity index (χ1n) is 5.03. The summed E-state index contributed by atoms with van der Waals surface area (Å²) in [6.45, 7) is -0.610. The number of aryl methyl sites for hydroxylation is 1. The van der Waals surface area contributed by atoms with Crippen LogP contribution in [-0.2, 0) is 6.42 Å². The molecule has 0 saturated carbocycles. The van der Waals surface area contributed by atoms with Gasteiger partial charge in [-0.3, -0.25) is 0 Å². The zero-order chi connectivity index (χ0) is 12.2. The Morgan fingerprint density at radius 3 is 2.41 bits per heavy atom. The van der Waals surface area contributed by atoms with Crippen molar-refractivity contribution in [3.05, 3.63) is 41.9 Å². The van der Waals surface area contributed by atoms with Crippen LogP contribution in [0.2, 0.25) is 0 Å². The average molecular weight is 268 g/mol. The molecule has 88 valence electrons. The first-order valence-corrected chi connectivity index (χ1v) is 5.03. The fourth-order valence-corrected chi connectivity index (χ4v) is 1.20. The molecule has 0 unspecified atom stereocenters. The van der Waals surface area contributed by atoms with Crippen molar-refractivity contribution in [2.24, 2.45) is 0 Å². The van der Waals surface area contributed by atoms with E-state index in [-0.39, 0.29) is 51.4 Å². The summed E-state index contributed by atoms with van der Waals surface area (Å²) in [5.74, 6) is 0.492. The molecule has 0 aromatic heterocycles. The third kappa shape index (κ3) is 5.61. The van der Waals surface area contributed by atoms with Gasteiger partial charge in [-0.1, -0.05) is 25.1 Å². The first-order chi connectivity index (χ1) is 7.45. The van der Waals surface area contributed by atoms with Crippen molar-refractivity contribution < 1.29 is 69.1 Å². The van der Waals surface area contributed by atoms with Gasteiger partial charge in [-0.15, -0.1) is 12.1 Å². The molecule has 1 aromatic rings. The predicted molar refractivity (Wildman–Crippen MR) is 59.5 cm³/mol. The van der Waals surface area contributed by atoms with Gasteiger partial charge in [0.2, 0.25) is 0 Å². The third-order valence-corrected chi connectivity index (χ3v) is 2.23. The molecule has 0 spiro atoms. The summed E-state index contributed by atoms with van der Waals surface area (Å²) in [5.41, 5.74) is 0.0795. The normalized spacial score (nSPS) is 10.6. The smallest absolute Gasteiger partial charge is 0.492 e. The summed E-state index contributed by atoms with van der Waals surface area (Å²) in [4.78, 5) is 0. The van der Waals surface area contributed by atoms with Crippen LogP contribution in [0.3, 0.4) is 0 Å². The molecule has 17 heavy (non-hydrogen) atoms.